The van der Waals surface area contributed by atoms with Crippen LogP contribution in [0.5, 0.6) is 11.5 Å². The molecule has 0 aliphatic carbocycles. The van der Waals surface area contributed by atoms with E-state index in [2.05, 4.69) is 4.98 Å². The van der Waals surface area contributed by atoms with Crippen LogP contribution >= 0.6 is 11.3 Å². The Hall–Kier alpha value is -2.61. The fourth-order valence-corrected chi connectivity index (χ4v) is 2.80. The predicted molar refractivity (Wildman–Crippen MR) is 95.2 cm³/mol. The van der Waals surface area contributed by atoms with Crippen molar-refractivity contribution in [3.05, 3.63) is 34.8 Å². The zero-order valence-electron chi connectivity index (χ0n) is 14.5. The van der Waals surface area contributed by atoms with Crippen molar-refractivity contribution in [1.29, 1.82) is 0 Å². The fourth-order valence-electron chi connectivity index (χ4n) is 2.08. The fraction of sp³-hybridized carbons (Fsp3) is 0.353. The molecule has 0 fully saturated rings. The number of ether oxygens (including phenoxy) is 2. The number of carbonyl (C=O) groups excluding carboxylic acids is 1. The summed E-state index contributed by atoms with van der Waals surface area (Å²) >= 11 is 0.933. The molecule has 0 saturated carbocycles. The number of anilines is 1. The van der Waals surface area contributed by atoms with E-state index in [1.807, 2.05) is 20.8 Å². The van der Waals surface area contributed by atoms with Crippen molar-refractivity contribution < 1.29 is 24.2 Å². The number of aromatic carboxylic acids is 1. The number of thiazole rings is 1. The molecule has 1 amide bonds. The van der Waals surface area contributed by atoms with Crippen molar-refractivity contribution in [3.63, 3.8) is 0 Å². The number of benzene rings is 1. The molecule has 1 aromatic heterocycles. The summed E-state index contributed by atoms with van der Waals surface area (Å²) in [4.78, 5) is 29.1. The summed E-state index contributed by atoms with van der Waals surface area (Å²) in [6, 6.07) is 4.99. The van der Waals surface area contributed by atoms with Gasteiger partial charge in [-0.1, -0.05) is 11.3 Å². The SMILES string of the molecule is CCOc1cc(OC(C)C)cc(C(=O)N(C)c2ncc(C(=O)O)s2)c1. The second kappa shape index (κ2) is 7.98. The Morgan fingerprint density at radius 3 is 2.52 bits per heavy atom. The first-order valence-corrected chi connectivity index (χ1v) is 8.55. The van der Waals surface area contributed by atoms with Crippen LogP contribution in [0.2, 0.25) is 0 Å². The predicted octanol–water partition coefficient (Wildman–Crippen LogP) is 3.30. The van der Waals surface area contributed by atoms with E-state index in [0.29, 0.717) is 28.8 Å². The number of aromatic nitrogens is 1. The average Bonchev–Trinajstić information content (AvgIpc) is 3.03. The van der Waals surface area contributed by atoms with E-state index >= 15 is 0 Å². The summed E-state index contributed by atoms with van der Waals surface area (Å²) in [5.74, 6) is -0.345. The molecule has 8 heteroatoms. The van der Waals surface area contributed by atoms with E-state index in [1.54, 1.807) is 25.2 Å². The molecule has 0 aliphatic heterocycles. The molecule has 0 spiro atoms. The van der Waals surface area contributed by atoms with Crippen molar-refractivity contribution >= 4 is 28.3 Å². The lowest BCUT2D eigenvalue weighted by molar-refractivity contribution is 0.0701. The number of hydrogen-bond acceptors (Lipinski definition) is 6. The molecule has 2 rings (SSSR count). The van der Waals surface area contributed by atoms with E-state index in [0.717, 1.165) is 11.3 Å². The summed E-state index contributed by atoms with van der Waals surface area (Å²) in [5.41, 5.74) is 0.371. The Morgan fingerprint density at radius 1 is 1.28 bits per heavy atom. The van der Waals surface area contributed by atoms with Gasteiger partial charge in [-0.05, 0) is 32.9 Å². The maximum Gasteiger partial charge on any atom is 0.347 e. The summed E-state index contributed by atoms with van der Waals surface area (Å²) < 4.78 is 11.2. The van der Waals surface area contributed by atoms with Crippen LogP contribution in [0.25, 0.3) is 0 Å². The third-order valence-electron chi connectivity index (χ3n) is 3.11. The first kappa shape index (κ1) is 18.7. The van der Waals surface area contributed by atoms with Gasteiger partial charge in [-0.2, -0.15) is 0 Å². The zero-order valence-corrected chi connectivity index (χ0v) is 15.3. The average molecular weight is 364 g/mol. The molecule has 1 N–H and O–H groups in total. The number of carboxylic acids is 1. The third-order valence-corrected chi connectivity index (χ3v) is 4.17. The van der Waals surface area contributed by atoms with E-state index in [-0.39, 0.29) is 16.9 Å². The molecule has 0 radical (unpaired) electrons. The highest BCUT2D eigenvalue weighted by Crippen LogP contribution is 2.27. The smallest absolute Gasteiger partial charge is 0.347 e. The van der Waals surface area contributed by atoms with E-state index in [4.69, 9.17) is 14.6 Å². The molecule has 0 saturated heterocycles. The second-order valence-corrected chi connectivity index (χ2v) is 6.48. The van der Waals surface area contributed by atoms with E-state index in [1.165, 1.54) is 11.1 Å². The van der Waals surface area contributed by atoms with Gasteiger partial charge < -0.3 is 14.6 Å². The van der Waals surface area contributed by atoms with Crippen LogP contribution in [0.3, 0.4) is 0 Å². The molecule has 0 aliphatic rings. The summed E-state index contributed by atoms with van der Waals surface area (Å²) in [5, 5.41) is 9.29. The molecule has 0 unspecified atom stereocenters. The van der Waals surface area contributed by atoms with Gasteiger partial charge in [0.25, 0.3) is 5.91 Å². The number of hydrogen-bond donors (Lipinski definition) is 1. The second-order valence-electron chi connectivity index (χ2n) is 5.47. The molecule has 0 atom stereocenters. The number of rotatable bonds is 7. The standard InChI is InChI=1S/C17H20N2O5S/c1-5-23-12-6-11(7-13(8-12)24-10(2)3)15(20)19(4)17-18-9-14(25-17)16(21)22/h6-10H,5H2,1-4H3,(H,21,22). The van der Waals surface area contributed by atoms with Gasteiger partial charge in [-0.3, -0.25) is 9.69 Å². The van der Waals surface area contributed by atoms with Gasteiger partial charge in [0.15, 0.2) is 5.13 Å². The summed E-state index contributed by atoms with van der Waals surface area (Å²) in [6.45, 7) is 6.10. The number of nitrogens with zero attached hydrogens (tertiary/aromatic N) is 2. The zero-order chi connectivity index (χ0) is 18.6. The first-order valence-electron chi connectivity index (χ1n) is 7.73. The van der Waals surface area contributed by atoms with Gasteiger partial charge >= 0.3 is 5.97 Å². The Labute approximate surface area is 149 Å². The van der Waals surface area contributed by atoms with Crippen LogP contribution in [0, 0.1) is 0 Å². The molecule has 25 heavy (non-hydrogen) atoms. The van der Waals surface area contributed by atoms with Gasteiger partial charge in [-0.15, -0.1) is 0 Å². The monoisotopic (exact) mass is 364 g/mol. The Balaban J connectivity index is 2.32. The number of amides is 1. The van der Waals surface area contributed by atoms with Gasteiger partial charge in [-0.25, -0.2) is 9.78 Å². The van der Waals surface area contributed by atoms with E-state index < -0.39 is 5.97 Å². The highest BCUT2D eigenvalue weighted by atomic mass is 32.1. The van der Waals surface area contributed by atoms with Gasteiger partial charge in [0.05, 0.1) is 18.9 Å². The van der Waals surface area contributed by atoms with Crippen molar-refractivity contribution in [3.8, 4) is 11.5 Å². The molecular formula is C17H20N2O5S. The Kier molecular flexibility index (Phi) is 5.97. The summed E-state index contributed by atoms with van der Waals surface area (Å²) in [7, 11) is 1.54. The summed E-state index contributed by atoms with van der Waals surface area (Å²) in [6.07, 6.45) is 1.19. The largest absolute Gasteiger partial charge is 0.494 e. The topological polar surface area (TPSA) is 89.0 Å². The van der Waals surface area contributed by atoms with Crippen molar-refractivity contribution in [2.24, 2.45) is 0 Å². The molecule has 1 aromatic carbocycles. The van der Waals surface area contributed by atoms with Crippen LogP contribution in [0.4, 0.5) is 5.13 Å². The lowest BCUT2D eigenvalue weighted by atomic mass is 10.1. The highest BCUT2D eigenvalue weighted by molar-refractivity contribution is 7.17. The van der Waals surface area contributed by atoms with Crippen molar-refractivity contribution in [1.82, 2.24) is 4.98 Å². The lowest BCUT2D eigenvalue weighted by Crippen LogP contribution is -2.26. The quantitative estimate of drug-likeness (QED) is 0.811. The van der Waals surface area contributed by atoms with Crippen LogP contribution < -0.4 is 14.4 Å². The van der Waals surface area contributed by atoms with Crippen molar-refractivity contribution in [2.45, 2.75) is 26.9 Å². The molecular weight excluding hydrogens is 344 g/mol. The molecule has 134 valence electrons. The van der Waals surface area contributed by atoms with Crippen molar-refractivity contribution in [2.75, 3.05) is 18.6 Å². The Bertz CT molecular complexity index is 772. The third kappa shape index (κ3) is 4.69. The van der Waals surface area contributed by atoms with Gasteiger partial charge in [0, 0.05) is 18.7 Å². The molecule has 0 bridgehead atoms. The number of carboxylic acid groups (broad SMARTS) is 1. The molecule has 2 aromatic rings. The van der Waals surface area contributed by atoms with Crippen LogP contribution in [0.1, 0.15) is 40.8 Å². The maximum absolute atomic E-state index is 12.8. The first-order chi connectivity index (χ1) is 11.8. The minimum atomic E-state index is -1.07. The van der Waals surface area contributed by atoms with Gasteiger partial charge in [0.2, 0.25) is 0 Å². The van der Waals surface area contributed by atoms with Crippen LogP contribution in [-0.2, 0) is 0 Å². The van der Waals surface area contributed by atoms with Crippen LogP contribution in [0.15, 0.2) is 24.4 Å². The minimum absolute atomic E-state index is 0.0466. The normalized spacial score (nSPS) is 10.6. The minimum Gasteiger partial charge on any atom is -0.494 e. The highest BCUT2D eigenvalue weighted by Gasteiger charge is 2.20. The van der Waals surface area contributed by atoms with Crippen LogP contribution in [-0.4, -0.2) is 41.7 Å². The lowest BCUT2D eigenvalue weighted by Gasteiger charge is -2.17. The molecule has 1 heterocycles. The maximum atomic E-state index is 12.8. The Morgan fingerprint density at radius 2 is 1.96 bits per heavy atom. The van der Waals surface area contributed by atoms with Gasteiger partial charge in [0.1, 0.15) is 16.4 Å². The number of carbonyl (C=O) groups is 2. The van der Waals surface area contributed by atoms with E-state index in [9.17, 15) is 9.59 Å². The molecule has 7 nitrogen and oxygen atoms in total.